The lowest BCUT2D eigenvalue weighted by atomic mass is 9.77. The van der Waals surface area contributed by atoms with Gasteiger partial charge in [-0.1, -0.05) is 130 Å². The summed E-state index contributed by atoms with van der Waals surface area (Å²) in [4.78, 5) is 77.2. The van der Waals surface area contributed by atoms with Crippen molar-refractivity contribution < 1.29 is 93.4 Å². The summed E-state index contributed by atoms with van der Waals surface area (Å²) in [6, 6.07) is 11.1. The molecule has 2 unspecified atom stereocenters. The third-order valence-corrected chi connectivity index (χ3v) is 21.7. The molecule has 0 amide bonds. The van der Waals surface area contributed by atoms with E-state index in [-0.39, 0.29) is 223 Å². The van der Waals surface area contributed by atoms with Crippen LogP contribution in [0.4, 0.5) is 42.9 Å². The molecular weight excluding hydrogens is 2090 g/mol. The number of methoxy groups -OCH3 is 2. The zero-order chi connectivity index (χ0) is 123. The second-order valence-electron chi connectivity index (χ2n) is 28.3. The van der Waals surface area contributed by atoms with Gasteiger partial charge in [0.15, 0.2) is 0 Å². The molecule has 4 saturated heterocycles. The number of nitrogen functional groups attached to an aromatic ring is 1. The number of morpholine rings is 3. The second-order valence-corrected chi connectivity index (χ2v) is 32.1. The number of aliphatic hydroxyl groups is 2. The highest BCUT2D eigenvalue weighted by Gasteiger charge is 2.32. The van der Waals surface area contributed by atoms with Gasteiger partial charge in [0.25, 0.3) is 22.5 Å². The van der Waals surface area contributed by atoms with Crippen LogP contribution in [0.3, 0.4) is 0 Å². The lowest BCUT2D eigenvalue weighted by Gasteiger charge is -2.29. The zero-order valence-electron chi connectivity index (χ0n) is 96.6. The fourth-order valence-corrected chi connectivity index (χ4v) is 14.1. The number of aromatic nitrogens is 12. The Morgan fingerprint density at radius 1 is 0.469 bits per heavy atom. The molecule has 0 aliphatic carbocycles. The van der Waals surface area contributed by atoms with Crippen LogP contribution in [0.5, 0.6) is 11.8 Å². The molecule has 0 spiro atoms. The molecule has 16 aromatic rings. The molecule has 2 atom stereocenters. The van der Waals surface area contributed by atoms with Crippen molar-refractivity contribution in [3.63, 3.8) is 0 Å². The number of aliphatic hydroxyl groups excluding tert-OH is 2. The number of benzene rings is 10. The largest absolute Gasteiger partial charge is 0.497 e. The Bertz CT molecular complexity index is 8730. The number of aromatic amines is 2. The highest BCUT2D eigenvalue weighted by Crippen LogP contribution is 2.38. The van der Waals surface area contributed by atoms with Gasteiger partial charge < -0.3 is 73.6 Å². The summed E-state index contributed by atoms with van der Waals surface area (Å²) in [6.45, 7) is 7.88. The van der Waals surface area contributed by atoms with Crippen LogP contribution in [0.1, 0.15) is 84.8 Å². The molecular formula is C97H83BCl10F2N20O15. The van der Waals surface area contributed by atoms with Gasteiger partial charge in [0.2, 0.25) is 11.8 Å². The van der Waals surface area contributed by atoms with Crippen molar-refractivity contribution in [3.05, 3.63) is 362 Å². The van der Waals surface area contributed by atoms with E-state index in [1.807, 2.05) is 14.7 Å². The lowest BCUT2D eigenvalue weighted by Crippen LogP contribution is -2.36. The van der Waals surface area contributed by atoms with E-state index in [4.69, 9.17) is 197 Å². The van der Waals surface area contributed by atoms with Crippen molar-refractivity contribution in [2.75, 3.05) is 127 Å². The molecule has 6 aromatic heterocycles. The number of hydrogen-bond donors (Lipinski definition) is 5. The van der Waals surface area contributed by atoms with Crippen LogP contribution in [0.25, 0.3) is 54.9 Å². The number of halogens is 12. The van der Waals surface area contributed by atoms with Gasteiger partial charge in [-0.2, -0.15) is 10.5 Å². The SMILES string of the molecule is C.COc1ccc(C(O)c2cc(B3OCCO3)c(F)cc2Cl)nn1.[2H]c1c(Cl)c([2H])c2nc[nH]c(=O)c2c1[2H].[2H]c1c(N2CCOCC2)c([2H])c2nc[nH]c(=O)c2c1[2H].[2H]c1c(N2CCOCC2)cc2ncnc(-c3cc(C(O)c4ccc(OC)nn4)c(Cl)cc3F)c2c1[2H].[2H]c1c(N2CCOCC2)cc2ncnc(Cl)c2c1[2H].[2H]c1c([2H])c(C#N)c(N)c([2H])c1Cl.[2H]c1c([2H])c(C#N)c([N+](=O)[O-])c([2H])c1Cl.[2H]c1c([2H])c(Cl)c([2H])c([2H])c1Cl.[2H]c1c([2H])c(Cl)c([N+](=O)[O-])c([2H])c1Cl. The minimum atomic E-state index is -1.31. The summed E-state index contributed by atoms with van der Waals surface area (Å²) in [7, 11) is 2.10. The average molecular weight is 2200 g/mol. The number of ether oxygens (including phenoxy) is 5. The molecule has 0 saturated carbocycles. The summed E-state index contributed by atoms with van der Waals surface area (Å²) in [5.74, 6) is -0.659. The Kier molecular flexibility index (Phi) is 31.3. The fourth-order valence-electron chi connectivity index (χ4n) is 12.5. The van der Waals surface area contributed by atoms with E-state index in [2.05, 4.69) is 60.3 Å². The zero-order valence-corrected chi connectivity index (χ0v) is 81.2. The van der Waals surface area contributed by atoms with Crippen LogP contribution in [0.15, 0.2) is 235 Å². The predicted molar refractivity (Wildman–Crippen MR) is 557 cm³/mol. The molecule has 48 heteroatoms. The smallest absolute Gasteiger partial charge is 0.480 e. The number of anilines is 4. The molecule has 145 heavy (non-hydrogen) atoms. The Hall–Kier alpha value is -13.6. The van der Waals surface area contributed by atoms with E-state index in [0.29, 0.717) is 124 Å². The van der Waals surface area contributed by atoms with Crippen LogP contribution < -0.4 is 46.5 Å². The summed E-state index contributed by atoms with van der Waals surface area (Å²) >= 11 is 56.8. The monoisotopic (exact) mass is 2190 g/mol. The second kappa shape index (κ2) is 54.9. The number of nitrogens with one attached hydrogen (secondary N) is 2. The summed E-state index contributed by atoms with van der Waals surface area (Å²) in [5, 5.41) is 73.7. The van der Waals surface area contributed by atoms with Crippen LogP contribution in [0.2, 0.25) is 50.4 Å². The number of nitrogens with zero attached hydrogens (tertiary/aromatic N) is 17. The third-order valence-electron chi connectivity index (χ3n) is 19.4. The first-order chi connectivity index (χ1) is 79.1. The molecule has 0 bridgehead atoms. The first kappa shape index (κ1) is 82.7. The van der Waals surface area contributed by atoms with Crippen LogP contribution in [-0.2, 0) is 23.5 Å². The maximum Gasteiger partial charge on any atom is 0.497 e. The maximum absolute atomic E-state index is 15.2. The van der Waals surface area contributed by atoms with E-state index < -0.39 is 120 Å². The van der Waals surface area contributed by atoms with Crippen molar-refractivity contribution in [1.29, 1.82) is 10.5 Å². The number of hydrogen-bond acceptors (Lipinski definition) is 31. The lowest BCUT2D eigenvalue weighted by molar-refractivity contribution is -0.385. The van der Waals surface area contributed by atoms with E-state index in [0.717, 1.165) is 31.5 Å². The van der Waals surface area contributed by atoms with Crippen molar-refractivity contribution in [1.82, 2.24) is 60.3 Å². The minimum absolute atomic E-state index is 0. The molecule has 10 aromatic carbocycles. The van der Waals surface area contributed by atoms with Gasteiger partial charge in [0.05, 0.1) is 182 Å². The number of rotatable bonds is 13. The minimum Gasteiger partial charge on any atom is -0.480 e. The average Bonchev–Trinajstić information content (AvgIpc) is 0.921. The topological polar surface area (TPSA) is 469 Å². The molecule has 35 nitrogen and oxygen atoms in total. The summed E-state index contributed by atoms with van der Waals surface area (Å²) in [5.41, 5.74) is 5.91. The van der Waals surface area contributed by atoms with Gasteiger partial charge in [0, 0.05) is 154 Å². The van der Waals surface area contributed by atoms with Crippen LogP contribution >= 0.6 is 116 Å². The van der Waals surface area contributed by atoms with Gasteiger partial charge in [-0.15, -0.1) is 20.4 Å². The van der Waals surface area contributed by atoms with Crippen LogP contribution in [-0.4, -0.2) is 194 Å². The van der Waals surface area contributed by atoms with Gasteiger partial charge in [-0.3, -0.25) is 29.8 Å². The van der Waals surface area contributed by atoms with Crippen LogP contribution in [0, 0.1) is 54.5 Å². The van der Waals surface area contributed by atoms with Crippen molar-refractivity contribution >= 4 is 206 Å². The third kappa shape index (κ3) is 31.2. The number of nitrogens with two attached hydrogens (primary N) is 1. The molecule has 10 heterocycles. The molecule has 0 radical (unpaired) electrons. The number of H-pyrrole nitrogens is 2. The fraction of sp³-hybridized carbons (Fsp3) is 0.196. The van der Waals surface area contributed by atoms with E-state index in [1.54, 1.807) is 30.3 Å². The first-order valence-corrected chi connectivity index (χ1v) is 44.7. The summed E-state index contributed by atoms with van der Waals surface area (Å²) < 4.78 is 240. The van der Waals surface area contributed by atoms with Crippen molar-refractivity contribution in [3.8, 4) is 35.2 Å². The molecule has 20 rings (SSSR count). The predicted octanol–water partition coefficient (Wildman–Crippen LogP) is 19.8. The molecule has 4 aliphatic heterocycles. The Balaban J connectivity index is 0.000000181. The Morgan fingerprint density at radius 3 is 1.39 bits per heavy atom. The standard InChI is InChI=1S/C24H21ClFN5O3.C14H13BClFN2O4.C12H12ClN3O.C12H13N3O2.C8H5ClN2O.C7H3ClN2O2.C7H5ClN2.C6H3Cl2NO2.C6H4Cl2.CH4/c1-33-22-5-4-20(29-30-22)24(32)16-11-17(19(26)12-18(16)25)23-15-3-2-14(10-21(15)27-13-28-23)31-6-8-34-9-7-31;1-21-13-3-2-12(18-19-13)14(20)8-6-9(11(17)7-10(8)16)15-22-4-5-23-15;13-12-10-2-1-9(7-11(10)14-8-15-12)16-3-5-17-6-4-16;16-12-10-2-1-9(7-11(10)13-8-14-12)15-3-5-17-6-4-15;9-5-1-2-6-7(3-5)10-4-11-8(6)12;8-6-2-1-5(4-9)7(3-6)10(11)12;8-6-2-1-5(4-9)7(10)3-6;7-4-1-2-5(8)6(3-4)9(10)11;7-5-1-2-6(8)4-3-5;/h2-5,10-13,24,32H,6-9H2,1H3;2-3,6-7,14,20H,4-5H2,1H3;1-2,7-8H,3-6H2;1-2,7-8H,3-6H2,(H,13,14,16);1-4H,(H,10,11,12);1-3H;1-3H,10H2;1-3H;1-4H;1H4/i2D,3D;;1D,2D;1D,2D,7D;4*1D,2D,3D;1D,2D,3D,4D;. The molecule has 748 valence electrons. The Labute approximate surface area is 908 Å². The van der Waals surface area contributed by atoms with E-state index in [9.17, 15) is 44.4 Å². The highest BCUT2D eigenvalue weighted by atomic mass is 35.5. The maximum atomic E-state index is 15.2. The van der Waals surface area contributed by atoms with Gasteiger partial charge in [-0.05, 0) is 169 Å². The Morgan fingerprint density at radius 2 is 0.890 bits per heavy atom. The van der Waals surface area contributed by atoms with Crippen molar-refractivity contribution in [2.24, 2.45) is 0 Å². The number of nitriles is 2. The molecule has 4 fully saturated rings. The van der Waals surface area contributed by atoms with Gasteiger partial charge >= 0.3 is 7.12 Å². The van der Waals surface area contributed by atoms with Crippen molar-refractivity contribution in [2.45, 2.75) is 19.6 Å². The number of nitro groups is 2. The normalized spacial score (nSPS) is 15.5. The highest BCUT2D eigenvalue weighted by molar-refractivity contribution is 6.62. The van der Waals surface area contributed by atoms with E-state index >= 15 is 4.39 Å². The summed E-state index contributed by atoms with van der Waals surface area (Å²) in [6.07, 6.45) is 2.54. The van der Waals surface area contributed by atoms with E-state index in [1.165, 1.54) is 63.5 Å². The van der Waals surface area contributed by atoms with Gasteiger partial charge in [0.1, 0.15) is 64.4 Å². The quantitative estimate of drug-likeness (QED) is 0.0235. The van der Waals surface area contributed by atoms with Gasteiger partial charge in [-0.25, -0.2) is 38.7 Å². The first-order valence-electron chi connectivity index (χ1n) is 52.4. The molecule has 4 aliphatic rings. The number of fused-ring (bicyclic) bond motifs is 4. The molecule has 6 N–H and O–H groups in total. The number of nitro benzene ring substituents is 2.